The minimum atomic E-state index is -0.367. The topological polar surface area (TPSA) is 87.3 Å². The maximum absolute atomic E-state index is 11.4. The summed E-state index contributed by atoms with van der Waals surface area (Å²) in [6.07, 6.45) is 2.82. The molecule has 0 radical (unpaired) electrons. The van der Waals surface area contributed by atoms with Crippen molar-refractivity contribution >= 4 is 23.4 Å². The summed E-state index contributed by atoms with van der Waals surface area (Å²) in [4.78, 5) is 22.3. The van der Waals surface area contributed by atoms with Crippen molar-refractivity contribution in [3.05, 3.63) is 15.8 Å². The van der Waals surface area contributed by atoms with Gasteiger partial charge >= 0.3 is 11.7 Å². The number of esters is 1. The second-order valence-electron chi connectivity index (χ2n) is 5.38. The first-order valence-electron chi connectivity index (χ1n) is 6.82. The molecule has 7 nitrogen and oxygen atoms in total. The van der Waals surface area contributed by atoms with E-state index in [1.165, 1.54) is 18.9 Å². The molecule has 1 aliphatic rings. The van der Waals surface area contributed by atoms with E-state index in [1.54, 1.807) is 11.7 Å². The van der Waals surface area contributed by atoms with Crippen LogP contribution in [0.4, 0.5) is 5.69 Å². The summed E-state index contributed by atoms with van der Waals surface area (Å²) in [5.74, 6) is 0.452. The number of nitro groups is 1. The summed E-state index contributed by atoms with van der Waals surface area (Å²) in [6.45, 7) is 1.85. The van der Waals surface area contributed by atoms with Gasteiger partial charge in [0.15, 0.2) is 5.03 Å². The molecular formula is C13H19N3O4S. The predicted molar refractivity (Wildman–Crippen MR) is 78.3 cm³/mol. The van der Waals surface area contributed by atoms with Crippen LogP contribution in [0.5, 0.6) is 0 Å². The largest absolute Gasteiger partial charge is 0.469 e. The number of aromatic nitrogens is 2. The zero-order valence-electron chi connectivity index (χ0n) is 12.4. The lowest BCUT2D eigenvalue weighted by molar-refractivity contribution is -0.388. The van der Waals surface area contributed by atoms with Crippen LogP contribution in [0.15, 0.2) is 5.03 Å². The molecule has 1 aromatic rings. The molecule has 0 aromatic carbocycles. The zero-order chi connectivity index (χ0) is 15.6. The number of aryl methyl sites for hydroxylation is 2. The SMILES string of the molecule is CCc1nn(C)c(SCC2(CC(=O)OC)CC2)c1[N+](=O)[O-]. The molecule has 0 spiro atoms. The van der Waals surface area contributed by atoms with Gasteiger partial charge in [-0.15, -0.1) is 0 Å². The van der Waals surface area contributed by atoms with Gasteiger partial charge < -0.3 is 4.74 Å². The highest BCUT2D eigenvalue weighted by molar-refractivity contribution is 7.99. The Labute approximate surface area is 127 Å². The Morgan fingerprint density at radius 3 is 2.71 bits per heavy atom. The molecule has 0 aliphatic heterocycles. The van der Waals surface area contributed by atoms with Gasteiger partial charge in [-0.2, -0.15) is 5.10 Å². The predicted octanol–water partition coefficient (Wildman–Crippen LogP) is 2.33. The fourth-order valence-electron chi connectivity index (χ4n) is 2.28. The van der Waals surface area contributed by atoms with Crippen molar-refractivity contribution in [1.82, 2.24) is 9.78 Å². The van der Waals surface area contributed by atoms with Gasteiger partial charge in [0.2, 0.25) is 0 Å². The third kappa shape index (κ3) is 3.37. The quantitative estimate of drug-likeness (QED) is 0.332. The average molecular weight is 313 g/mol. The first kappa shape index (κ1) is 15.8. The van der Waals surface area contributed by atoms with E-state index >= 15 is 0 Å². The van der Waals surface area contributed by atoms with Crippen molar-refractivity contribution < 1.29 is 14.5 Å². The molecule has 1 fully saturated rings. The van der Waals surface area contributed by atoms with Crippen LogP contribution in [0, 0.1) is 15.5 Å². The van der Waals surface area contributed by atoms with Crippen molar-refractivity contribution in [2.24, 2.45) is 12.5 Å². The first-order valence-corrected chi connectivity index (χ1v) is 7.81. The number of carbonyl (C=O) groups is 1. The molecule has 0 atom stereocenters. The molecule has 1 saturated carbocycles. The molecule has 116 valence electrons. The van der Waals surface area contributed by atoms with Crippen LogP contribution in [0.3, 0.4) is 0 Å². The van der Waals surface area contributed by atoms with Gasteiger partial charge in [0.05, 0.1) is 18.5 Å². The van der Waals surface area contributed by atoms with Gasteiger partial charge in [-0.1, -0.05) is 18.7 Å². The molecule has 1 aliphatic carbocycles. The van der Waals surface area contributed by atoms with Crippen LogP contribution in [-0.4, -0.2) is 33.5 Å². The van der Waals surface area contributed by atoms with E-state index in [1.807, 2.05) is 6.92 Å². The molecule has 8 heteroatoms. The van der Waals surface area contributed by atoms with Crippen molar-refractivity contribution in [2.75, 3.05) is 12.9 Å². The fourth-order valence-corrected chi connectivity index (χ4v) is 3.67. The maximum atomic E-state index is 11.4. The van der Waals surface area contributed by atoms with Gasteiger partial charge in [0.25, 0.3) is 0 Å². The third-order valence-corrected chi connectivity index (χ3v) is 5.26. The number of carbonyl (C=O) groups excluding carboxylic acids is 1. The van der Waals surface area contributed by atoms with Gasteiger partial charge in [0, 0.05) is 12.8 Å². The normalized spacial score (nSPS) is 15.8. The highest BCUT2D eigenvalue weighted by Gasteiger charge is 2.45. The van der Waals surface area contributed by atoms with Gasteiger partial charge in [-0.25, -0.2) is 0 Å². The van der Waals surface area contributed by atoms with Crippen molar-refractivity contribution in [3.8, 4) is 0 Å². The van der Waals surface area contributed by atoms with Crippen LogP contribution in [0.1, 0.15) is 31.9 Å². The van der Waals surface area contributed by atoms with E-state index in [-0.39, 0.29) is 22.0 Å². The zero-order valence-corrected chi connectivity index (χ0v) is 13.2. The Morgan fingerprint density at radius 1 is 1.57 bits per heavy atom. The molecule has 0 amide bonds. The Morgan fingerprint density at radius 2 is 2.24 bits per heavy atom. The number of hydrogen-bond donors (Lipinski definition) is 0. The van der Waals surface area contributed by atoms with Crippen molar-refractivity contribution in [1.29, 1.82) is 0 Å². The Hall–Kier alpha value is -1.57. The van der Waals surface area contributed by atoms with Gasteiger partial charge in [0.1, 0.15) is 5.69 Å². The molecular weight excluding hydrogens is 294 g/mol. The first-order chi connectivity index (χ1) is 9.92. The lowest BCUT2D eigenvalue weighted by Crippen LogP contribution is -2.13. The summed E-state index contributed by atoms with van der Waals surface area (Å²) in [6, 6.07) is 0. The maximum Gasteiger partial charge on any atom is 0.323 e. The number of rotatable bonds is 7. The summed E-state index contributed by atoms with van der Waals surface area (Å²) in [5.41, 5.74) is 0.532. The van der Waals surface area contributed by atoms with Gasteiger partial charge in [-0.05, 0) is 24.7 Å². The van der Waals surface area contributed by atoms with Crippen LogP contribution < -0.4 is 0 Å². The number of nitrogens with zero attached hydrogens (tertiary/aromatic N) is 3. The Bertz CT molecular complexity index is 566. The molecule has 0 saturated heterocycles. The number of thioether (sulfide) groups is 1. The lowest BCUT2D eigenvalue weighted by atomic mass is 10.1. The highest BCUT2D eigenvalue weighted by Crippen LogP contribution is 2.52. The van der Waals surface area contributed by atoms with E-state index in [2.05, 4.69) is 5.10 Å². The van der Waals surface area contributed by atoms with Crippen LogP contribution in [-0.2, 0) is 23.0 Å². The summed E-state index contributed by atoms with van der Waals surface area (Å²) in [7, 11) is 3.10. The molecule has 21 heavy (non-hydrogen) atoms. The Kier molecular flexibility index (Phi) is 4.55. The van der Waals surface area contributed by atoms with E-state index in [0.717, 1.165) is 12.8 Å². The van der Waals surface area contributed by atoms with Crippen molar-refractivity contribution in [2.45, 2.75) is 37.6 Å². The smallest absolute Gasteiger partial charge is 0.323 e. The van der Waals surface area contributed by atoms with Crippen LogP contribution in [0.2, 0.25) is 0 Å². The summed E-state index contributed by atoms with van der Waals surface area (Å²) >= 11 is 1.41. The van der Waals surface area contributed by atoms with E-state index in [9.17, 15) is 14.9 Å². The number of ether oxygens (including phenoxy) is 1. The molecule has 0 bridgehead atoms. The Balaban J connectivity index is 2.12. The van der Waals surface area contributed by atoms with Crippen LogP contribution >= 0.6 is 11.8 Å². The monoisotopic (exact) mass is 313 g/mol. The van der Waals surface area contributed by atoms with Gasteiger partial charge in [-0.3, -0.25) is 19.6 Å². The second-order valence-corrected chi connectivity index (χ2v) is 6.34. The highest BCUT2D eigenvalue weighted by atomic mass is 32.2. The van der Waals surface area contributed by atoms with E-state index < -0.39 is 0 Å². The number of hydrogen-bond acceptors (Lipinski definition) is 6. The fraction of sp³-hybridized carbons (Fsp3) is 0.692. The lowest BCUT2D eigenvalue weighted by Gasteiger charge is -2.12. The number of methoxy groups -OCH3 is 1. The molecule has 1 aromatic heterocycles. The van der Waals surface area contributed by atoms with Crippen LogP contribution in [0.25, 0.3) is 0 Å². The second kappa shape index (κ2) is 6.05. The standard InChI is InChI=1S/C13H19N3O4S/c1-4-9-11(16(18)19)12(15(2)14-9)21-8-13(5-6-13)7-10(17)20-3/h4-8H2,1-3H3. The third-order valence-electron chi connectivity index (χ3n) is 3.78. The molecule has 0 unspecified atom stereocenters. The van der Waals surface area contributed by atoms with E-state index in [0.29, 0.717) is 29.3 Å². The summed E-state index contributed by atoms with van der Waals surface area (Å²) < 4.78 is 6.28. The minimum absolute atomic E-state index is 0.0672. The average Bonchev–Trinajstić information content (AvgIpc) is 3.12. The molecule has 1 heterocycles. The molecule has 0 N–H and O–H groups in total. The van der Waals surface area contributed by atoms with Crippen molar-refractivity contribution in [3.63, 3.8) is 0 Å². The van der Waals surface area contributed by atoms with E-state index in [4.69, 9.17) is 4.74 Å². The molecule has 2 rings (SSSR count). The minimum Gasteiger partial charge on any atom is -0.469 e. The summed E-state index contributed by atoms with van der Waals surface area (Å²) in [5, 5.41) is 16.0.